The summed E-state index contributed by atoms with van der Waals surface area (Å²) in [6, 6.07) is 0.759. The summed E-state index contributed by atoms with van der Waals surface area (Å²) < 4.78 is 0. The second kappa shape index (κ2) is 5.42. The molecule has 1 aromatic heterocycles. The van der Waals surface area contributed by atoms with Crippen LogP contribution in [0.4, 0.5) is 0 Å². The van der Waals surface area contributed by atoms with Crippen molar-refractivity contribution >= 4 is 11.3 Å². The second-order valence-corrected chi connectivity index (χ2v) is 8.35. The van der Waals surface area contributed by atoms with Gasteiger partial charge in [0.1, 0.15) is 5.01 Å². The van der Waals surface area contributed by atoms with Crippen molar-refractivity contribution < 1.29 is 0 Å². The number of nitrogens with one attached hydrogen (secondary N) is 1. The molecule has 3 heteroatoms. The van der Waals surface area contributed by atoms with E-state index in [-0.39, 0.29) is 5.54 Å². The van der Waals surface area contributed by atoms with Gasteiger partial charge in [-0.3, -0.25) is 0 Å². The molecule has 0 spiro atoms. The lowest BCUT2D eigenvalue weighted by molar-refractivity contribution is 0.0965. The second-order valence-electron chi connectivity index (χ2n) is 7.45. The highest BCUT2D eigenvalue weighted by Crippen LogP contribution is 2.48. The third kappa shape index (κ3) is 2.80. The van der Waals surface area contributed by atoms with Crippen LogP contribution in [0.1, 0.15) is 70.7 Å². The third-order valence-corrected chi connectivity index (χ3v) is 6.73. The van der Waals surface area contributed by atoms with Gasteiger partial charge < -0.3 is 5.32 Å². The van der Waals surface area contributed by atoms with Crippen molar-refractivity contribution in [3.63, 3.8) is 0 Å². The van der Waals surface area contributed by atoms with Crippen molar-refractivity contribution in [2.45, 2.75) is 77.3 Å². The number of hydrogen-bond donors (Lipinski definition) is 1. The maximum absolute atomic E-state index is 4.66. The van der Waals surface area contributed by atoms with Gasteiger partial charge in [-0.1, -0.05) is 27.2 Å². The van der Waals surface area contributed by atoms with Crippen molar-refractivity contribution in [2.24, 2.45) is 11.3 Å². The van der Waals surface area contributed by atoms with Crippen LogP contribution in [0, 0.1) is 11.3 Å². The Bertz CT molecular complexity index is 426. The average Bonchev–Trinajstić information content (AvgIpc) is 3.08. The Morgan fingerprint density at radius 3 is 2.50 bits per heavy atom. The highest BCUT2D eigenvalue weighted by Gasteiger charge is 2.44. The van der Waals surface area contributed by atoms with Gasteiger partial charge in [-0.25, -0.2) is 4.98 Å². The molecular weight excluding hydrogens is 264 g/mol. The molecule has 2 aliphatic carbocycles. The minimum Gasteiger partial charge on any atom is -0.303 e. The summed E-state index contributed by atoms with van der Waals surface area (Å²) in [5, 5.41) is 7.41. The molecule has 2 nitrogen and oxygen atoms in total. The minimum absolute atomic E-state index is 0.190. The zero-order valence-electron chi connectivity index (χ0n) is 13.1. The molecule has 0 aromatic carbocycles. The molecule has 0 radical (unpaired) electrons. The van der Waals surface area contributed by atoms with Crippen molar-refractivity contribution in [1.29, 1.82) is 0 Å². The summed E-state index contributed by atoms with van der Waals surface area (Å²) in [5.41, 5.74) is 0.685. The highest BCUT2D eigenvalue weighted by molar-refractivity contribution is 7.09. The van der Waals surface area contributed by atoms with Crippen LogP contribution in [0.15, 0.2) is 11.6 Å². The van der Waals surface area contributed by atoms with Gasteiger partial charge in [0, 0.05) is 17.6 Å². The van der Waals surface area contributed by atoms with Crippen LogP contribution in [0.25, 0.3) is 0 Å². The molecule has 2 fully saturated rings. The number of aromatic nitrogens is 1. The molecule has 112 valence electrons. The van der Waals surface area contributed by atoms with Crippen molar-refractivity contribution in [1.82, 2.24) is 10.3 Å². The van der Waals surface area contributed by atoms with Crippen LogP contribution in [-0.4, -0.2) is 11.0 Å². The number of rotatable bonds is 5. The summed E-state index contributed by atoms with van der Waals surface area (Å²) >= 11 is 1.84. The van der Waals surface area contributed by atoms with Gasteiger partial charge in [0.25, 0.3) is 0 Å². The van der Waals surface area contributed by atoms with Crippen molar-refractivity contribution in [3.05, 3.63) is 16.6 Å². The van der Waals surface area contributed by atoms with Gasteiger partial charge in [0.2, 0.25) is 0 Å². The van der Waals surface area contributed by atoms with Crippen LogP contribution in [-0.2, 0) is 5.54 Å². The molecule has 20 heavy (non-hydrogen) atoms. The number of thiazole rings is 1. The lowest BCUT2D eigenvalue weighted by Gasteiger charge is -2.44. The normalized spacial score (nSPS) is 31.4. The minimum atomic E-state index is 0.190. The lowest BCUT2D eigenvalue weighted by atomic mass is 9.65. The maximum atomic E-state index is 4.66. The molecule has 0 saturated heterocycles. The molecule has 0 bridgehead atoms. The molecule has 1 N–H and O–H groups in total. The van der Waals surface area contributed by atoms with E-state index in [4.69, 9.17) is 0 Å². The predicted molar refractivity (Wildman–Crippen MR) is 86.0 cm³/mol. The average molecular weight is 292 g/mol. The molecule has 0 unspecified atom stereocenters. The van der Waals surface area contributed by atoms with E-state index in [0.717, 1.165) is 12.0 Å². The molecule has 2 saturated carbocycles. The zero-order chi connectivity index (χ0) is 14.2. The molecule has 0 amide bonds. The predicted octanol–water partition coefficient (Wildman–Crippen LogP) is 4.72. The first-order valence-electron chi connectivity index (χ1n) is 8.23. The Morgan fingerprint density at radius 2 is 2.00 bits per heavy atom. The van der Waals surface area contributed by atoms with Gasteiger partial charge >= 0.3 is 0 Å². The summed E-state index contributed by atoms with van der Waals surface area (Å²) in [4.78, 5) is 4.66. The molecule has 0 atom stereocenters. The lowest BCUT2D eigenvalue weighted by Crippen LogP contribution is -2.47. The van der Waals surface area contributed by atoms with Crippen LogP contribution in [0.3, 0.4) is 0 Å². The van der Waals surface area contributed by atoms with Gasteiger partial charge in [0.15, 0.2) is 0 Å². The summed E-state index contributed by atoms with van der Waals surface area (Å²) in [5.74, 6) is 0.876. The van der Waals surface area contributed by atoms with E-state index in [9.17, 15) is 0 Å². The molecule has 1 heterocycles. The van der Waals surface area contributed by atoms with E-state index in [0.29, 0.717) is 5.41 Å². The monoisotopic (exact) mass is 292 g/mol. The molecule has 1 aromatic rings. The zero-order valence-corrected chi connectivity index (χ0v) is 13.9. The first-order chi connectivity index (χ1) is 9.56. The molecular formula is C17H28N2S. The van der Waals surface area contributed by atoms with Crippen LogP contribution in [0.5, 0.6) is 0 Å². The Labute approximate surface area is 127 Å². The van der Waals surface area contributed by atoms with Gasteiger partial charge in [-0.05, 0) is 49.9 Å². The summed E-state index contributed by atoms with van der Waals surface area (Å²) in [6.45, 7) is 7.23. The first kappa shape index (κ1) is 14.5. The Morgan fingerprint density at radius 1 is 1.30 bits per heavy atom. The Hall–Kier alpha value is -0.410. The van der Waals surface area contributed by atoms with Crippen LogP contribution >= 0.6 is 11.3 Å². The fraction of sp³-hybridized carbons (Fsp3) is 0.824. The van der Waals surface area contributed by atoms with E-state index >= 15 is 0 Å². The van der Waals surface area contributed by atoms with E-state index in [1.165, 1.54) is 50.0 Å². The maximum Gasteiger partial charge on any atom is 0.113 e. The topological polar surface area (TPSA) is 24.9 Å². The Balaban J connectivity index is 1.74. The van der Waals surface area contributed by atoms with E-state index in [1.807, 2.05) is 17.5 Å². The smallest absolute Gasteiger partial charge is 0.113 e. The van der Waals surface area contributed by atoms with Gasteiger partial charge in [0.05, 0.1) is 5.54 Å². The van der Waals surface area contributed by atoms with Crippen LogP contribution in [0.2, 0.25) is 0 Å². The molecule has 3 rings (SSSR count). The van der Waals surface area contributed by atoms with E-state index in [2.05, 4.69) is 36.5 Å². The standard InChI is InChI=1S/C17H28N2S/c1-4-16(2,3)13-7-9-17(10-8-13,19-14-5-6-14)15-18-11-12-20-15/h11-14,19H,4-10H2,1-3H3. The van der Waals surface area contributed by atoms with E-state index in [1.54, 1.807) is 0 Å². The summed E-state index contributed by atoms with van der Waals surface area (Å²) in [6.07, 6.45) is 11.2. The van der Waals surface area contributed by atoms with E-state index < -0.39 is 0 Å². The molecule has 0 aliphatic heterocycles. The summed E-state index contributed by atoms with van der Waals surface area (Å²) in [7, 11) is 0. The SMILES string of the molecule is CCC(C)(C)C1CCC(NC2CC2)(c2nccs2)CC1. The quantitative estimate of drug-likeness (QED) is 0.849. The fourth-order valence-electron chi connectivity index (χ4n) is 3.68. The Kier molecular flexibility index (Phi) is 3.93. The van der Waals surface area contributed by atoms with Crippen molar-refractivity contribution in [3.8, 4) is 0 Å². The number of hydrogen-bond acceptors (Lipinski definition) is 3. The van der Waals surface area contributed by atoms with Gasteiger partial charge in [-0.2, -0.15) is 0 Å². The highest BCUT2D eigenvalue weighted by atomic mass is 32.1. The third-order valence-electron chi connectivity index (χ3n) is 5.76. The molecule has 2 aliphatic rings. The van der Waals surface area contributed by atoms with Crippen LogP contribution < -0.4 is 5.32 Å². The largest absolute Gasteiger partial charge is 0.303 e. The van der Waals surface area contributed by atoms with Crippen molar-refractivity contribution in [2.75, 3.05) is 0 Å². The fourth-order valence-corrected chi connectivity index (χ4v) is 4.54. The number of nitrogens with zero attached hydrogens (tertiary/aromatic N) is 1. The first-order valence-corrected chi connectivity index (χ1v) is 9.11. The van der Waals surface area contributed by atoms with Gasteiger partial charge in [-0.15, -0.1) is 11.3 Å².